The molecular formula is C8H12ClN3. The number of nitrogens with two attached hydrogens (primary N) is 1. The maximum Gasteiger partial charge on any atom is 0.151 e. The zero-order valence-corrected chi connectivity index (χ0v) is 7.64. The summed E-state index contributed by atoms with van der Waals surface area (Å²) in [6.07, 6.45) is 3.48. The van der Waals surface area contributed by atoms with Crippen LogP contribution in [0.4, 0.5) is 0 Å². The zero-order valence-electron chi connectivity index (χ0n) is 6.89. The van der Waals surface area contributed by atoms with Gasteiger partial charge in [-0.1, -0.05) is 11.6 Å². The summed E-state index contributed by atoms with van der Waals surface area (Å²) in [4.78, 5) is 4.27. The van der Waals surface area contributed by atoms with E-state index in [-0.39, 0.29) is 0 Å². The van der Waals surface area contributed by atoms with Gasteiger partial charge in [-0.3, -0.25) is 0 Å². The average molecular weight is 186 g/mol. The Balaban J connectivity index is 2.46. The second-order valence-electron chi connectivity index (χ2n) is 3.08. The summed E-state index contributed by atoms with van der Waals surface area (Å²) in [7, 11) is 0. The average Bonchev–Trinajstić information content (AvgIpc) is 2.40. The van der Waals surface area contributed by atoms with E-state index in [0.717, 1.165) is 24.5 Å². The molecule has 0 aliphatic carbocycles. The summed E-state index contributed by atoms with van der Waals surface area (Å²) in [5, 5.41) is 0.592. The SMILES string of the molecule is NCc1c(Cl)nc2n1CCCC2. The van der Waals surface area contributed by atoms with Gasteiger partial charge in [0.15, 0.2) is 5.15 Å². The molecule has 1 aliphatic heterocycles. The predicted octanol–water partition coefficient (Wildman–Crippen LogP) is 1.33. The molecule has 1 aromatic rings. The van der Waals surface area contributed by atoms with Crippen molar-refractivity contribution in [1.82, 2.24) is 9.55 Å². The van der Waals surface area contributed by atoms with Crippen LogP contribution in [-0.4, -0.2) is 9.55 Å². The van der Waals surface area contributed by atoms with E-state index in [2.05, 4.69) is 9.55 Å². The predicted molar refractivity (Wildman–Crippen MR) is 48.1 cm³/mol. The molecule has 1 aliphatic rings. The zero-order chi connectivity index (χ0) is 8.55. The van der Waals surface area contributed by atoms with Crippen molar-refractivity contribution in [3.8, 4) is 0 Å². The third-order valence-electron chi connectivity index (χ3n) is 2.33. The van der Waals surface area contributed by atoms with Gasteiger partial charge in [0.05, 0.1) is 5.69 Å². The van der Waals surface area contributed by atoms with Gasteiger partial charge >= 0.3 is 0 Å². The van der Waals surface area contributed by atoms with Crippen molar-refractivity contribution in [3.63, 3.8) is 0 Å². The first-order valence-electron chi connectivity index (χ1n) is 4.26. The molecule has 0 saturated heterocycles. The molecule has 2 heterocycles. The summed E-state index contributed by atoms with van der Waals surface area (Å²) in [6.45, 7) is 1.52. The van der Waals surface area contributed by atoms with Gasteiger partial charge in [-0.15, -0.1) is 0 Å². The van der Waals surface area contributed by atoms with Gasteiger partial charge in [0.1, 0.15) is 5.82 Å². The molecule has 0 unspecified atom stereocenters. The summed E-state index contributed by atoms with van der Waals surface area (Å²) in [5.41, 5.74) is 6.57. The Hall–Kier alpha value is -0.540. The lowest BCUT2D eigenvalue weighted by Crippen LogP contribution is -2.14. The van der Waals surface area contributed by atoms with Gasteiger partial charge < -0.3 is 10.3 Å². The van der Waals surface area contributed by atoms with Crippen LogP contribution >= 0.6 is 11.6 Å². The van der Waals surface area contributed by atoms with Gasteiger partial charge in [-0.25, -0.2) is 4.98 Å². The quantitative estimate of drug-likeness (QED) is 0.718. The van der Waals surface area contributed by atoms with Gasteiger partial charge in [-0.05, 0) is 12.8 Å². The number of imidazole rings is 1. The number of halogens is 1. The topological polar surface area (TPSA) is 43.8 Å². The van der Waals surface area contributed by atoms with Crippen LogP contribution in [0.25, 0.3) is 0 Å². The van der Waals surface area contributed by atoms with E-state index in [4.69, 9.17) is 17.3 Å². The van der Waals surface area contributed by atoms with Crippen LogP contribution in [0.5, 0.6) is 0 Å². The van der Waals surface area contributed by atoms with Crippen LogP contribution in [0.2, 0.25) is 5.15 Å². The van der Waals surface area contributed by atoms with Crippen molar-refractivity contribution in [2.45, 2.75) is 32.4 Å². The molecule has 0 fully saturated rings. The highest BCUT2D eigenvalue weighted by atomic mass is 35.5. The summed E-state index contributed by atoms with van der Waals surface area (Å²) < 4.78 is 2.16. The molecule has 0 radical (unpaired) electrons. The number of nitrogens with zero attached hydrogens (tertiary/aromatic N) is 2. The summed E-state index contributed by atoms with van der Waals surface area (Å²) >= 11 is 5.92. The van der Waals surface area contributed by atoms with Crippen LogP contribution in [0, 0.1) is 0 Å². The van der Waals surface area contributed by atoms with Gasteiger partial charge in [0, 0.05) is 19.5 Å². The maximum absolute atomic E-state index is 5.92. The molecule has 2 rings (SSSR count). The molecule has 0 bridgehead atoms. The summed E-state index contributed by atoms with van der Waals surface area (Å²) in [6, 6.07) is 0. The van der Waals surface area contributed by atoms with Crippen LogP contribution in [-0.2, 0) is 19.5 Å². The highest BCUT2D eigenvalue weighted by molar-refractivity contribution is 6.30. The first-order valence-corrected chi connectivity index (χ1v) is 4.64. The molecule has 0 aromatic carbocycles. The van der Waals surface area contributed by atoms with Crippen LogP contribution in [0.15, 0.2) is 0 Å². The minimum Gasteiger partial charge on any atom is -0.330 e. The third kappa shape index (κ3) is 1.13. The number of aryl methyl sites for hydroxylation is 1. The number of hydrogen-bond donors (Lipinski definition) is 1. The first kappa shape index (κ1) is 8.08. The molecule has 0 spiro atoms. The van der Waals surface area contributed by atoms with Crippen molar-refractivity contribution in [2.75, 3.05) is 0 Å². The fourth-order valence-corrected chi connectivity index (χ4v) is 1.98. The minimum atomic E-state index is 0.492. The molecule has 0 atom stereocenters. The van der Waals surface area contributed by atoms with Crippen molar-refractivity contribution >= 4 is 11.6 Å². The number of rotatable bonds is 1. The summed E-state index contributed by atoms with van der Waals surface area (Å²) in [5.74, 6) is 1.10. The lowest BCUT2D eigenvalue weighted by atomic mass is 10.2. The van der Waals surface area contributed by atoms with Crippen molar-refractivity contribution in [1.29, 1.82) is 0 Å². The molecule has 66 valence electrons. The Kier molecular flexibility index (Phi) is 2.07. The van der Waals surface area contributed by atoms with Gasteiger partial charge in [-0.2, -0.15) is 0 Å². The van der Waals surface area contributed by atoms with Crippen LogP contribution in [0.3, 0.4) is 0 Å². The fraction of sp³-hybridized carbons (Fsp3) is 0.625. The van der Waals surface area contributed by atoms with E-state index in [1.165, 1.54) is 12.8 Å². The maximum atomic E-state index is 5.92. The fourth-order valence-electron chi connectivity index (χ4n) is 1.71. The lowest BCUT2D eigenvalue weighted by molar-refractivity contribution is 0.508. The Morgan fingerprint density at radius 1 is 1.50 bits per heavy atom. The molecule has 0 amide bonds. The molecule has 0 saturated carbocycles. The second kappa shape index (κ2) is 3.07. The number of fused-ring (bicyclic) bond motifs is 1. The number of aromatic nitrogens is 2. The smallest absolute Gasteiger partial charge is 0.151 e. The minimum absolute atomic E-state index is 0.492. The molecule has 2 N–H and O–H groups in total. The Bertz CT molecular complexity index is 293. The van der Waals surface area contributed by atoms with Crippen LogP contribution in [0.1, 0.15) is 24.4 Å². The van der Waals surface area contributed by atoms with Crippen molar-refractivity contribution < 1.29 is 0 Å². The molecule has 1 aromatic heterocycles. The Morgan fingerprint density at radius 2 is 2.33 bits per heavy atom. The molecule has 4 heteroatoms. The normalized spacial score (nSPS) is 16.2. The second-order valence-corrected chi connectivity index (χ2v) is 3.44. The van der Waals surface area contributed by atoms with E-state index in [1.54, 1.807) is 0 Å². The monoisotopic (exact) mass is 185 g/mol. The molecule has 12 heavy (non-hydrogen) atoms. The molecule has 3 nitrogen and oxygen atoms in total. The van der Waals surface area contributed by atoms with Crippen molar-refractivity contribution in [2.24, 2.45) is 5.73 Å². The largest absolute Gasteiger partial charge is 0.330 e. The van der Waals surface area contributed by atoms with Crippen LogP contribution < -0.4 is 5.73 Å². The van der Waals surface area contributed by atoms with E-state index < -0.39 is 0 Å². The first-order chi connectivity index (χ1) is 5.83. The van der Waals surface area contributed by atoms with E-state index >= 15 is 0 Å². The van der Waals surface area contributed by atoms with E-state index in [1.807, 2.05) is 0 Å². The number of hydrogen-bond acceptors (Lipinski definition) is 2. The van der Waals surface area contributed by atoms with Gasteiger partial charge in [0.25, 0.3) is 0 Å². The Morgan fingerprint density at radius 3 is 3.08 bits per heavy atom. The molecular weight excluding hydrogens is 174 g/mol. The van der Waals surface area contributed by atoms with E-state index in [0.29, 0.717) is 11.7 Å². The van der Waals surface area contributed by atoms with Gasteiger partial charge in [0.2, 0.25) is 0 Å². The van der Waals surface area contributed by atoms with Crippen molar-refractivity contribution in [3.05, 3.63) is 16.7 Å². The highest BCUT2D eigenvalue weighted by Gasteiger charge is 2.16. The Labute approximate surface area is 76.5 Å². The lowest BCUT2D eigenvalue weighted by Gasteiger charge is -2.15. The highest BCUT2D eigenvalue weighted by Crippen LogP contribution is 2.22. The standard InChI is InChI=1S/C8H12ClN3/c9-8-6(5-10)12-4-2-1-3-7(12)11-8/h1-5,10H2. The van der Waals surface area contributed by atoms with E-state index in [9.17, 15) is 0 Å². The third-order valence-corrected chi connectivity index (χ3v) is 2.63.